The molecule has 0 aromatic heterocycles. The molecule has 1 amide bonds. The molecule has 5 rings (SSSR count). The summed E-state index contributed by atoms with van der Waals surface area (Å²) < 4.78 is 5.91. The standard InChI is InChI=1S/C31H25N3O4S/c1-21-6-12-25(13-7-21)32-31-33(26-14-8-22(2)9-15-26)30(35)29(39-31)19-24-4-3-5-28(18-24)38-20-23-10-16-27(17-11-23)34(36)37/h3-19H,20H2,1-2H3/b29-19-,32-31?. The van der Waals surface area contributed by atoms with Gasteiger partial charge in [-0.05, 0) is 91.3 Å². The number of hydrogen-bond donors (Lipinski definition) is 0. The van der Waals surface area contributed by atoms with Gasteiger partial charge < -0.3 is 4.74 Å². The van der Waals surface area contributed by atoms with Crippen LogP contribution in [0.15, 0.2) is 107 Å². The zero-order valence-electron chi connectivity index (χ0n) is 21.4. The molecule has 1 aliphatic heterocycles. The summed E-state index contributed by atoms with van der Waals surface area (Å²) in [5.41, 5.74) is 5.45. The van der Waals surface area contributed by atoms with Crippen LogP contribution in [0, 0.1) is 24.0 Å². The van der Waals surface area contributed by atoms with Gasteiger partial charge >= 0.3 is 0 Å². The molecule has 0 saturated carbocycles. The summed E-state index contributed by atoms with van der Waals surface area (Å²) in [5, 5.41) is 11.5. The molecule has 1 saturated heterocycles. The largest absolute Gasteiger partial charge is 0.489 e. The van der Waals surface area contributed by atoms with Crippen LogP contribution in [0.3, 0.4) is 0 Å². The van der Waals surface area contributed by atoms with Crippen LogP contribution in [0.4, 0.5) is 17.1 Å². The second-order valence-electron chi connectivity index (χ2n) is 9.10. The topological polar surface area (TPSA) is 85.0 Å². The molecular weight excluding hydrogens is 510 g/mol. The first kappa shape index (κ1) is 25.9. The molecule has 39 heavy (non-hydrogen) atoms. The van der Waals surface area contributed by atoms with Crippen molar-refractivity contribution < 1.29 is 14.5 Å². The van der Waals surface area contributed by atoms with E-state index >= 15 is 0 Å². The van der Waals surface area contributed by atoms with Crippen LogP contribution in [0.2, 0.25) is 0 Å². The fraction of sp³-hybridized carbons (Fsp3) is 0.0968. The highest BCUT2D eigenvalue weighted by Crippen LogP contribution is 2.37. The van der Waals surface area contributed by atoms with Gasteiger partial charge in [-0.3, -0.25) is 19.8 Å². The number of aryl methyl sites for hydroxylation is 2. The van der Waals surface area contributed by atoms with Gasteiger partial charge in [-0.25, -0.2) is 4.99 Å². The molecule has 4 aromatic rings. The minimum Gasteiger partial charge on any atom is -0.489 e. The van der Waals surface area contributed by atoms with Gasteiger partial charge in [0.1, 0.15) is 12.4 Å². The van der Waals surface area contributed by atoms with E-state index in [9.17, 15) is 14.9 Å². The van der Waals surface area contributed by atoms with Crippen molar-refractivity contribution >= 4 is 46.0 Å². The summed E-state index contributed by atoms with van der Waals surface area (Å²) in [6, 6.07) is 29.4. The van der Waals surface area contributed by atoms with Gasteiger partial charge in [-0.2, -0.15) is 0 Å². The van der Waals surface area contributed by atoms with Crippen LogP contribution in [0.1, 0.15) is 22.3 Å². The fourth-order valence-electron chi connectivity index (χ4n) is 3.93. The van der Waals surface area contributed by atoms with Crippen LogP contribution >= 0.6 is 11.8 Å². The maximum absolute atomic E-state index is 13.6. The van der Waals surface area contributed by atoms with Crippen LogP contribution in [0.5, 0.6) is 5.75 Å². The number of anilines is 1. The lowest BCUT2D eigenvalue weighted by molar-refractivity contribution is -0.384. The number of thioether (sulfide) groups is 1. The molecule has 0 aliphatic carbocycles. The van der Waals surface area contributed by atoms with E-state index < -0.39 is 4.92 Å². The summed E-state index contributed by atoms with van der Waals surface area (Å²) in [5.74, 6) is 0.481. The number of carbonyl (C=O) groups excluding carboxylic acids is 1. The number of rotatable bonds is 7. The minimum absolute atomic E-state index is 0.0380. The summed E-state index contributed by atoms with van der Waals surface area (Å²) in [6.07, 6.45) is 1.84. The zero-order chi connectivity index (χ0) is 27.4. The van der Waals surface area contributed by atoms with E-state index in [0.717, 1.165) is 33.6 Å². The molecule has 0 atom stereocenters. The number of non-ortho nitro benzene ring substituents is 1. The summed E-state index contributed by atoms with van der Waals surface area (Å²) in [4.78, 5) is 31.0. The van der Waals surface area contributed by atoms with Crippen molar-refractivity contribution in [3.63, 3.8) is 0 Å². The van der Waals surface area contributed by atoms with Gasteiger partial charge in [-0.1, -0.05) is 47.5 Å². The Morgan fingerprint density at radius 3 is 2.26 bits per heavy atom. The molecule has 194 valence electrons. The lowest BCUT2D eigenvalue weighted by Crippen LogP contribution is -2.28. The van der Waals surface area contributed by atoms with Gasteiger partial charge in [0.25, 0.3) is 11.6 Å². The van der Waals surface area contributed by atoms with Crippen molar-refractivity contribution in [1.82, 2.24) is 0 Å². The predicted molar refractivity (Wildman–Crippen MR) is 156 cm³/mol. The van der Waals surface area contributed by atoms with E-state index in [4.69, 9.17) is 9.73 Å². The average Bonchev–Trinajstić information content (AvgIpc) is 3.23. The van der Waals surface area contributed by atoms with E-state index in [-0.39, 0.29) is 18.2 Å². The monoisotopic (exact) mass is 535 g/mol. The van der Waals surface area contributed by atoms with Crippen molar-refractivity contribution in [2.45, 2.75) is 20.5 Å². The average molecular weight is 536 g/mol. The Hall–Kier alpha value is -4.69. The molecular formula is C31H25N3O4S. The van der Waals surface area contributed by atoms with Crippen molar-refractivity contribution in [1.29, 1.82) is 0 Å². The minimum atomic E-state index is -0.430. The van der Waals surface area contributed by atoms with Gasteiger partial charge in [0.15, 0.2) is 5.17 Å². The van der Waals surface area contributed by atoms with Crippen LogP contribution in [-0.4, -0.2) is 16.0 Å². The summed E-state index contributed by atoms with van der Waals surface area (Å²) >= 11 is 1.33. The Morgan fingerprint density at radius 2 is 1.59 bits per heavy atom. The summed E-state index contributed by atoms with van der Waals surface area (Å²) in [6.45, 7) is 4.29. The number of benzene rings is 4. The molecule has 4 aromatic carbocycles. The SMILES string of the molecule is Cc1ccc(N=C2S/C(=C\c3cccc(OCc4ccc([N+](=O)[O-])cc4)c3)C(=O)N2c2ccc(C)cc2)cc1. The molecule has 1 heterocycles. The number of amidine groups is 1. The van der Waals surface area contributed by atoms with Crippen molar-refractivity contribution in [2.75, 3.05) is 4.90 Å². The molecule has 0 radical (unpaired) electrons. The first-order chi connectivity index (χ1) is 18.9. The number of amides is 1. The van der Waals surface area contributed by atoms with Crippen LogP contribution in [0.25, 0.3) is 6.08 Å². The molecule has 1 fully saturated rings. The number of hydrogen-bond acceptors (Lipinski definition) is 6. The number of nitrogens with zero attached hydrogens (tertiary/aromatic N) is 3. The van der Waals surface area contributed by atoms with Gasteiger partial charge in [-0.15, -0.1) is 0 Å². The maximum atomic E-state index is 13.6. The first-order valence-electron chi connectivity index (χ1n) is 12.3. The van der Waals surface area contributed by atoms with Crippen molar-refractivity contribution in [3.05, 3.63) is 134 Å². The van der Waals surface area contributed by atoms with E-state index in [0.29, 0.717) is 15.8 Å². The van der Waals surface area contributed by atoms with Gasteiger partial charge in [0.05, 0.1) is 21.2 Å². The van der Waals surface area contributed by atoms with Crippen LogP contribution in [-0.2, 0) is 11.4 Å². The van der Waals surface area contributed by atoms with E-state index in [1.54, 1.807) is 17.0 Å². The molecule has 8 heteroatoms. The summed E-state index contributed by atoms with van der Waals surface area (Å²) in [7, 11) is 0. The molecule has 0 unspecified atom stereocenters. The van der Waals surface area contributed by atoms with Crippen molar-refractivity contribution in [2.24, 2.45) is 4.99 Å². The Morgan fingerprint density at radius 1 is 0.923 bits per heavy atom. The van der Waals surface area contributed by atoms with E-state index in [1.807, 2.05) is 92.7 Å². The molecule has 0 spiro atoms. The molecule has 7 nitrogen and oxygen atoms in total. The number of nitro groups is 1. The molecule has 0 bridgehead atoms. The smallest absolute Gasteiger partial charge is 0.271 e. The number of carbonyl (C=O) groups is 1. The highest BCUT2D eigenvalue weighted by molar-refractivity contribution is 8.19. The quantitative estimate of drug-likeness (QED) is 0.138. The zero-order valence-corrected chi connectivity index (χ0v) is 22.2. The number of nitro benzene ring substituents is 1. The van der Waals surface area contributed by atoms with E-state index in [2.05, 4.69) is 0 Å². The third-order valence-electron chi connectivity index (χ3n) is 6.07. The third kappa shape index (κ3) is 6.25. The normalized spacial score (nSPS) is 15.2. The Kier molecular flexibility index (Phi) is 7.56. The van der Waals surface area contributed by atoms with Gasteiger partial charge in [0.2, 0.25) is 0 Å². The van der Waals surface area contributed by atoms with Crippen LogP contribution < -0.4 is 9.64 Å². The maximum Gasteiger partial charge on any atom is 0.271 e. The number of ether oxygens (including phenoxy) is 1. The lowest BCUT2D eigenvalue weighted by atomic mass is 10.2. The van der Waals surface area contributed by atoms with E-state index in [1.165, 1.54) is 23.9 Å². The Labute approximate surface area is 230 Å². The predicted octanol–water partition coefficient (Wildman–Crippen LogP) is 7.60. The highest BCUT2D eigenvalue weighted by Gasteiger charge is 2.34. The molecule has 0 N–H and O–H groups in total. The number of aliphatic imine (C=N–C) groups is 1. The Bertz CT molecular complexity index is 1580. The third-order valence-corrected chi connectivity index (χ3v) is 7.03. The first-order valence-corrected chi connectivity index (χ1v) is 13.1. The fourth-order valence-corrected chi connectivity index (χ4v) is 4.93. The Balaban J connectivity index is 1.39. The lowest BCUT2D eigenvalue weighted by Gasteiger charge is -2.16. The molecule has 1 aliphatic rings. The second-order valence-corrected chi connectivity index (χ2v) is 10.1. The van der Waals surface area contributed by atoms with Crippen molar-refractivity contribution in [3.8, 4) is 5.75 Å². The van der Waals surface area contributed by atoms with Gasteiger partial charge in [0, 0.05) is 12.1 Å². The highest BCUT2D eigenvalue weighted by atomic mass is 32.2. The second kappa shape index (κ2) is 11.4.